The number of carbonyl (C=O) groups excluding carboxylic acids is 1. The van der Waals surface area contributed by atoms with Gasteiger partial charge in [0, 0.05) is 29.3 Å². The van der Waals surface area contributed by atoms with Crippen molar-refractivity contribution < 1.29 is 22.3 Å². The van der Waals surface area contributed by atoms with Crippen LogP contribution in [0.3, 0.4) is 0 Å². The molecule has 10 heteroatoms. The van der Waals surface area contributed by atoms with Crippen LogP contribution in [-0.4, -0.2) is 31.2 Å². The topological polar surface area (TPSA) is 107 Å². The molecule has 8 nitrogen and oxygen atoms in total. The number of hydrogen-bond acceptors (Lipinski definition) is 5. The molecule has 1 heterocycles. The number of rotatable bonds is 8. The van der Waals surface area contributed by atoms with Crippen molar-refractivity contribution in [3.05, 3.63) is 93.0 Å². The van der Waals surface area contributed by atoms with Crippen LogP contribution in [-0.2, 0) is 10.0 Å². The van der Waals surface area contributed by atoms with E-state index in [-0.39, 0.29) is 28.6 Å². The van der Waals surface area contributed by atoms with Gasteiger partial charge in [-0.15, -0.1) is 0 Å². The summed E-state index contributed by atoms with van der Waals surface area (Å²) in [4.78, 5) is 25.6. The second-order valence-corrected chi connectivity index (χ2v) is 11.3. The molecule has 0 fully saturated rings. The average Bonchev–Trinajstić information content (AvgIpc) is 2.88. The third-order valence-corrected chi connectivity index (χ3v) is 7.60. The zero-order valence-electron chi connectivity index (χ0n) is 22.4. The van der Waals surface area contributed by atoms with E-state index in [1.54, 1.807) is 67.9 Å². The number of aryl methyl sites for hydroxylation is 3. The van der Waals surface area contributed by atoms with Crippen LogP contribution >= 0.6 is 0 Å². The second-order valence-electron chi connectivity index (χ2n) is 9.26. The number of nitrogens with one attached hydrogen (secondary N) is 2. The molecule has 204 valence electrons. The van der Waals surface area contributed by atoms with Gasteiger partial charge >= 0.3 is 0 Å². The molecule has 0 radical (unpaired) electrons. The molecule has 0 aliphatic carbocycles. The Bertz CT molecular complexity index is 1740. The van der Waals surface area contributed by atoms with Crippen LogP contribution in [0.1, 0.15) is 40.9 Å². The van der Waals surface area contributed by atoms with Crippen LogP contribution in [0.4, 0.5) is 10.1 Å². The summed E-state index contributed by atoms with van der Waals surface area (Å²) in [6.45, 7) is 8.91. The van der Waals surface area contributed by atoms with E-state index in [1.165, 1.54) is 19.1 Å². The van der Waals surface area contributed by atoms with Crippen molar-refractivity contribution in [2.75, 3.05) is 17.0 Å². The van der Waals surface area contributed by atoms with Crippen molar-refractivity contribution in [2.24, 2.45) is 0 Å². The molecule has 0 spiro atoms. The molecule has 0 bridgehead atoms. The molecule has 3 aromatic carbocycles. The maximum Gasteiger partial charge on any atom is 0.251 e. The number of halogens is 1. The minimum atomic E-state index is -3.59. The number of benzene rings is 3. The molecule has 4 aromatic rings. The Labute approximate surface area is 226 Å². The van der Waals surface area contributed by atoms with E-state index in [0.717, 1.165) is 0 Å². The number of anilines is 1. The summed E-state index contributed by atoms with van der Waals surface area (Å²) in [5.41, 5.74) is 2.89. The predicted molar refractivity (Wildman–Crippen MR) is 151 cm³/mol. The first kappa shape index (κ1) is 27.8. The summed E-state index contributed by atoms with van der Waals surface area (Å²) < 4.78 is 49.2. The maximum absolute atomic E-state index is 14.0. The summed E-state index contributed by atoms with van der Waals surface area (Å²) in [5.74, 6) is -0.0197. The lowest BCUT2D eigenvalue weighted by molar-refractivity contribution is 0.0956. The SMILES string of the molecule is CCNC(=O)c1ccc2c(=O)c(C)cn(-c3cc(NS(=O)(=O)CC)ccc3Oc3c(C)cc(F)cc3C)c2c1. The molecular formula is C29H30FN3O5S. The Morgan fingerprint density at radius 3 is 2.31 bits per heavy atom. The minimum Gasteiger partial charge on any atom is -0.455 e. The molecule has 4 rings (SSSR count). The van der Waals surface area contributed by atoms with E-state index >= 15 is 0 Å². The van der Waals surface area contributed by atoms with E-state index in [0.29, 0.717) is 56.9 Å². The fraction of sp³-hybridized carbons (Fsp3) is 0.241. The van der Waals surface area contributed by atoms with Gasteiger partial charge in [0.25, 0.3) is 5.91 Å². The molecule has 0 atom stereocenters. The van der Waals surface area contributed by atoms with Crippen molar-refractivity contribution in [1.29, 1.82) is 0 Å². The lowest BCUT2D eigenvalue weighted by atomic mass is 10.1. The van der Waals surface area contributed by atoms with Gasteiger partial charge in [0.05, 0.1) is 22.6 Å². The van der Waals surface area contributed by atoms with Crippen LogP contribution in [0.15, 0.2) is 59.5 Å². The highest BCUT2D eigenvalue weighted by molar-refractivity contribution is 7.92. The maximum atomic E-state index is 14.0. The van der Waals surface area contributed by atoms with E-state index in [4.69, 9.17) is 4.74 Å². The van der Waals surface area contributed by atoms with E-state index in [1.807, 2.05) is 6.92 Å². The van der Waals surface area contributed by atoms with Gasteiger partial charge in [0.15, 0.2) is 11.2 Å². The number of carbonyl (C=O) groups is 1. The molecule has 1 amide bonds. The Balaban J connectivity index is 2.01. The molecular weight excluding hydrogens is 521 g/mol. The quantitative estimate of drug-likeness (QED) is 0.307. The fourth-order valence-electron chi connectivity index (χ4n) is 4.34. The molecule has 0 saturated heterocycles. The first-order chi connectivity index (χ1) is 18.4. The standard InChI is InChI=1S/C29H30FN3O5S/c1-6-31-29(35)20-8-10-23-24(14-20)33(16-19(5)27(23)34)25-15-22(32-39(36,37)7-2)9-11-26(25)38-28-17(3)12-21(30)13-18(28)4/h8-16,32H,6-7H2,1-5H3,(H,31,35). The van der Waals surface area contributed by atoms with Gasteiger partial charge in [-0.05, 0) is 94.3 Å². The monoisotopic (exact) mass is 551 g/mol. The normalized spacial score (nSPS) is 11.4. The van der Waals surface area contributed by atoms with Crippen molar-refractivity contribution >= 4 is 32.5 Å². The van der Waals surface area contributed by atoms with Gasteiger partial charge in [-0.1, -0.05) is 0 Å². The Kier molecular flexibility index (Phi) is 7.78. The van der Waals surface area contributed by atoms with Crippen LogP contribution in [0.5, 0.6) is 11.5 Å². The molecule has 0 saturated carbocycles. The van der Waals surface area contributed by atoms with Crippen LogP contribution in [0.25, 0.3) is 16.6 Å². The molecule has 0 aliphatic rings. The van der Waals surface area contributed by atoms with Crippen molar-refractivity contribution in [2.45, 2.75) is 34.6 Å². The van der Waals surface area contributed by atoms with Gasteiger partial charge in [0.2, 0.25) is 10.0 Å². The first-order valence-electron chi connectivity index (χ1n) is 12.5. The number of sulfonamides is 1. The largest absolute Gasteiger partial charge is 0.455 e. The number of ether oxygens (including phenoxy) is 1. The van der Waals surface area contributed by atoms with E-state index in [2.05, 4.69) is 10.0 Å². The van der Waals surface area contributed by atoms with Gasteiger partial charge in [0.1, 0.15) is 11.6 Å². The summed E-state index contributed by atoms with van der Waals surface area (Å²) in [6, 6.07) is 12.3. The molecule has 0 unspecified atom stereocenters. The van der Waals surface area contributed by atoms with Crippen LogP contribution in [0.2, 0.25) is 0 Å². The lowest BCUT2D eigenvalue weighted by Crippen LogP contribution is -2.23. The first-order valence-corrected chi connectivity index (χ1v) is 14.1. The Hall–Kier alpha value is -4.18. The number of aromatic nitrogens is 1. The van der Waals surface area contributed by atoms with Crippen molar-refractivity contribution in [3.8, 4) is 17.2 Å². The smallest absolute Gasteiger partial charge is 0.251 e. The highest BCUT2D eigenvalue weighted by atomic mass is 32.2. The Morgan fingerprint density at radius 1 is 0.974 bits per heavy atom. The number of pyridine rings is 1. The summed E-state index contributed by atoms with van der Waals surface area (Å²) in [6.07, 6.45) is 1.62. The molecule has 0 aliphatic heterocycles. The molecule has 39 heavy (non-hydrogen) atoms. The minimum absolute atomic E-state index is 0.121. The van der Waals surface area contributed by atoms with Gasteiger partial charge in [-0.2, -0.15) is 0 Å². The number of amides is 1. The summed E-state index contributed by atoms with van der Waals surface area (Å²) >= 11 is 0. The highest BCUT2D eigenvalue weighted by Gasteiger charge is 2.18. The zero-order valence-corrected chi connectivity index (χ0v) is 23.2. The number of fused-ring (bicyclic) bond motifs is 1. The lowest BCUT2D eigenvalue weighted by Gasteiger charge is -2.20. The van der Waals surface area contributed by atoms with Gasteiger partial charge in [-0.25, -0.2) is 12.8 Å². The zero-order chi connectivity index (χ0) is 28.5. The van der Waals surface area contributed by atoms with Crippen molar-refractivity contribution in [1.82, 2.24) is 9.88 Å². The third-order valence-electron chi connectivity index (χ3n) is 6.29. The summed E-state index contributed by atoms with van der Waals surface area (Å²) in [7, 11) is -3.59. The Morgan fingerprint density at radius 2 is 1.67 bits per heavy atom. The average molecular weight is 552 g/mol. The second kappa shape index (κ2) is 10.9. The number of nitrogens with zero attached hydrogens (tertiary/aromatic N) is 1. The summed E-state index contributed by atoms with van der Waals surface area (Å²) in [5, 5.41) is 3.13. The van der Waals surface area contributed by atoms with Crippen molar-refractivity contribution in [3.63, 3.8) is 0 Å². The number of hydrogen-bond donors (Lipinski definition) is 2. The third kappa shape index (κ3) is 5.80. The van der Waals surface area contributed by atoms with Gasteiger partial charge < -0.3 is 14.6 Å². The van der Waals surface area contributed by atoms with Crippen LogP contribution < -0.4 is 20.2 Å². The van der Waals surface area contributed by atoms with E-state index < -0.39 is 10.0 Å². The highest BCUT2D eigenvalue weighted by Crippen LogP contribution is 2.36. The van der Waals surface area contributed by atoms with Gasteiger partial charge in [-0.3, -0.25) is 14.3 Å². The fourth-order valence-corrected chi connectivity index (χ4v) is 4.97. The van der Waals surface area contributed by atoms with Crippen LogP contribution in [0, 0.1) is 26.6 Å². The molecule has 1 aromatic heterocycles. The molecule has 2 N–H and O–H groups in total. The van der Waals surface area contributed by atoms with E-state index in [9.17, 15) is 22.4 Å². The predicted octanol–water partition coefficient (Wildman–Crippen LogP) is 5.36.